The van der Waals surface area contributed by atoms with Crippen LogP contribution in [0.5, 0.6) is 23.0 Å². The van der Waals surface area contributed by atoms with Gasteiger partial charge in [-0.25, -0.2) is 0 Å². The maximum absolute atomic E-state index is 11.6. The minimum Gasteiger partial charge on any atom is -0.508 e. The van der Waals surface area contributed by atoms with Gasteiger partial charge in [-0.3, -0.25) is 4.79 Å². The summed E-state index contributed by atoms with van der Waals surface area (Å²) < 4.78 is 11.5. The second-order valence-electron chi connectivity index (χ2n) is 12.6. The maximum atomic E-state index is 11.6. The molecule has 1 atom stereocenters. The fourth-order valence-corrected chi connectivity index (χ4v) is 6.67. The SMILES string of the molecule is CN1CCC(c2ccccc2)(c2cc(CCCOc3ccc(CNC[C@H](O)c4ccc(O)c5c4OCC(=O)N5)cc3)ccc2O)CC1. The van der Waals surface area contributed by atoms with Gasteiger partial charge in [-0.2, -0.15) is 0 Å². The number of phenols is 2. The van der Waals surface area contributed by atoms with Crippen molar-refractivity contribution in [3.63, 3.8) is 0 Å². The van der Waals surface area contributed by atoms with Crippen molar-refractivity contribution >= 4 is 11.6 Å². The molecule has 0 aromatic heterocycles. The number of anilines is 1. The number of aliphatic hydroxyl groups is 1. The summed E-state index contributed by atoms with van der Waals surface area (Å²) >= 11 is 0. The largest absolute Gasteiger partial charge is 0.508 e. The first-order valence-corrected chi connectivity index (χ1v) is 16.3. The van der Waals surface area contributed by atoms with Crippen LogP contribution in [0.1, 0.15) is 53.2 Å². The van der Waals surface area contributed by atoms with E-state index in [9.17, 15) is 20.1 Å². The zero-order valence-electron chi connectivity index (χ0n) is 26.7. The Morgan fingerprint density at radius 3 is 2.45 bits per heavy atom. The number of piperidine rings is 1. The molecule has 2 aliphatic heterocycles. The number of ether oxygens (including phenoxy) is 2. The van der Waals surface area contributed by atoms with Crippen LogP contribution in [0, 0.1) is 0 Å². The summed E-state index contributed by atoms with van der Waals surface area (Å²) in [5.41, 5.74) is 5.01. The van der Waals surface area contributed by atoms with Crippen LogP contribution in [-0.4, -0.2) is 66.0 Å². The molecule has 0 unspecified atom stereocenters. The first-order valence-electron chi connectivity index (χ1n) is 16.3. The van der Waals surface area contributed by atoms with Gasteiger partial charge in [0.05, 0.1) is 12.7 Å². The number of hydrogen-bond acceptors (Lipinski definition) is 8. The van der Waals surface area contributed by atoms with Gasteiger partial charge in [0.25, 0.3) is 5.91 Å². The molecular weight excluding hydrogens is 594 g/mol. The number of carbonyl (C=O) groups is 1. The van der Waals surface area contributed by atoms with Gasteiger partial charge in [0, 0.05) is 29.6 Å². The van der Waals surface area contributed by atoms with Crippen LogP contribution in [0.3, 0.4) is 0 Å². The predicted octanol–water partition coefficient (Wildman–Crippen LogP) is 5.28. The molecule has 0 bridgehead atoms. The lowest BCUT2D eigenvalue weighted by molar-refractivity contribution is -0.118. The number of aryl methyl sites for hydroxylation is 1. The standard InChI is InChI=1S/C38H43N3O6/c1-41-19-17-38(18-20-41,28-7-3-2-4-8-28)31-22-26(11-15-32(31)42)6-5-21-46-29-12-9-27(10-13-29)23-39-24-34(44)30-14-16-33(43)36-37(30)47-25-35(45)40-36/h2-4,7-16,22,34,39,42-44H,5-6,17-21,23-25H2,1H3,(H,40,45)/t34-/m0/s1. The highest BCUT2D eigenvalue weighted by Crippen LogP contribution is 2.45. The number of aromatic hydroxyl groups is 2. The van der Waals surface area contributed by atoms with Gasteiger partial charge < -0.3 is 40.3 Å². The van der Waals surface area contributed by atoms with E-state index < -0.39 is 6.10 Å². The van der Waals surface area contributed by atoms with E-state index >= 15 is 0 Å². The van der Waals surface area contributed by atoms with Crippen LogP contribution in [0.4, 0.5) is 5.69 Å². The van der Waals surface area contributed by atoms with E-state index in [1.165, 1.54) is 17.2 Å². The number of rotatable bonds is 12. The Morgan fingerprint density at radius 1 is 0.957 bits per heavy atom. The monoisotopic (exact) mass is 637 g/mol. The van der Waals surface area contributed by atoms with E-state index in [4.69, 9.17) is 9.47 Å². The van der Waals surface area contributed by atoms with E-state index in [-0.39, 0.29) is 35.9 Å². The summed E-state index contributed by atoms with van der Waals surface area (Å²) in [7, 11) is 2.16. The van der Waals surface area contributed by atoms with Gasteiger partial charge >= 0.3 is 0 Å². The smallest absolute Gasteiger partial charge is 0.262 e. The van der Waals surface area contributed by atoms with Crippen LogP contribution in [0.2, 0.25) is 0 Å². The highest BCUT2D eigenvalue weighted by molar-refractivity contribution is 5.97. The number of aliphatic hydroxyl groups excluding tert-OH is 1. The summed E-state index contributed by atoms with van der Waals surface area (Å²) in [5.74, 6) is 1.000. The zero-order chi connectivity index (χ0) is 32.8. The number of phenolic OH excluding ortho intramolecular Hbond substituents is 2. The molecule has 4 aromatic rings. The number of nitrogens with one attached hydrogen (secondary N) is 2. The lowest BCUT2D eigenvalue weighted by Gasteiger charge is -2.42. The summed E-state index contributed by atoms with van der Waals surface area (Å²) in [5, 5.41) is 37.7. The van der Waals surface area contributed by atoms with E-state index in [1.807, 2.05) is 42.5 Å². The van der Waals surface area contributed by atoms with Gasteiger partial charge in [-0.15, -0.1) is 0 Å². The van der Waals surface area contributed by atoms with Crippen molar-refractivity contribution in [2.75, 3.05) is 45.2 Å². The van der Waals surface area contributed by atoms with E-state index in [2.05, 4.69) is 52.9 Å². The normalized spacial score (nSPS) is 16.5. The zero-order valence-corrected chi connectivity index (χ0v) is 26.7. The van der Waals surface area contributed by atoms with Crippen molar-refractivity contribution in [2.24, 2.45) is 0 Å². The third-order valence-electron chi connectivity index (χ3n) is 9.35. The van der Waals surface area contributed by atoms with Crippen molar-refractivity contribution in [1.29, 1.82) is 0 Å². The average molecular weight is 638 g/mol. The minimum absolute atomic E-state index is 0.103. The molecule has 0 radical (unpaired) electrons. The number of nitrogens with zero attached hydrogens (tertiary/aromatic N) is 1. The van der Waals surface area contributed by atoms with Gasteiger partial charge in [-0.1, -0.05) is 54.6 Å². The number of benzene rings is 4. The van der Waals surface area contributed by atoms with Gasteiger partial charge in [0.1, 0.15) is 22.9 Å². The first-order chi connectivity index (χ1) is 22.8. The summed E-state index contributed by atoms with van der Waals surface area (Å²) in [4.78, 5) is 14.0. The molecule has 0 spiro atoms. The van der Waals surface area contributed by atoms with Gasteiger partial charge in [-0.05, 0) is 92.8 Å². The Bertz CT molecular complexity index is 1670. The van der Waals surface area contributed by atoms with Crippen LogP contribution in [0.25, 0.3) is 0 Å². The average Bonchev–Trinajstić information content (AvgIpc) is 3.09. The lowest BCUT2D eigenvalue weighted by atomic mass is 9.67. The molecule has 0 saturated carbocycles. The Labute approximate surface area is 275 Å². The molecule has 1 amide bonds. The van der Waals surface area contributed by atoms with Crippen LogP contribution in [-0.2, 0) is 23.2 Å². The van der Waals surface area contributed by atoms with Crippen molar-refractivity contribution in [3.8, 4) is 23.0 Å². The molecule has 0 aliphatic carbocycles. The van der Waals surface area contributed by atoms with Crippen molar-refractivity contribution in [1.82, 2.24) is 10.2 Å². The highest BCUT2D eigenvalue weighted by Gasteiger charge is 2.39. The quantitative estimate of drug-likeness (QED) is 0.105. The molecule has 2 heterocycles. The van der Waals surface area contributed by atoms with Crippen LogP contribution >= 0.6 is 0 Å². The summed E-state index contributed by atoms with van der Waals surface area (Å²) in [6.07, 6.45) is 2.75. The van der Waals surface area contributed by atoms with Crippen molar-refractivity contribution < 1.29 is 29.6 Å². The second-order valence-corrected chi connectivity index (χ2v) is 12.6. The Hall–Kier alpha value is -4.57. The molecule has 2 aliphatic rings. The highest BCUT2D eigenvalue weighted by atomic mass is 16.5. The van der Waals surface area contributed by atoms with Crippen LogP contribution < -0.4 is 20.1 Å². The Morgan fingerprint density at radius 2 is 1.68 bits per heavy atom. The molecule has 1 fully saturated rings. The second kappa shape index (κ2) is 14.5. The predicted molar refractivity (Wildman–Crippen MR) is 181 cm³/mol. The van der Waals surface area contributed by atoms with Crippen molar-refractivity contribution in [2.45, 2.75) is 43.7 Å². The van der Waals surface area contributed by atoms with Gasteiger partial charge in [0.2, 0.25) is 0 Å². The fourth-order valence-electron chi connectivity index (χ4n) is 6.67. The van der Waals surface area contributed by atoms with E-state index in [0.717, 1.165) is 55.6 Å². The summed E-state index contributed by atoms with van der Waals surface area (Å²) in [6.45, 7) is 3.19. The number of likely N-dealkylation sites (tertiary alicyclic amines) is 1. The molecule has 1 saturated heterocycles. The molecule has 47 heavy (non-hydrogen) atoms. The van der Waals surface area contributed by atoms with E-state index in [1.54, 1.807) is 6.07 Å². The Kier molecular flexibility index (Phi) is 9.96. The lowest BCUT2D eigenvalue weighted by Crippen LogP contribution is -2.41. The molecule has 9 nitrogen and oxygen atoms in total. The number of carbonyl (C=O) groups excluding carboxylic acids is 1. The molecule has 246 valence electrons. The number of amides is 1. The molecule has 4 aromatic carbocycles. The molecule has 5 N–H and O–H groups in total. The number of hydrogen-bond donors (Lipinski definition) is 5. The summed E-state index contributed by atoms with van der Waals surface area (Å²) in [6, 6.07) is 27.6. The first kappa shape index (κ1) is 32.4. The molecule has 6 rings (SSSR count). The third kappa shape index (κ3) is 7.38. The van der Waals surface area contributed by atoms with E-state index in [0.29, 0.717) is 30.2 Å². The minimum atomic E-state index is -0.889. The third-order valence-corrected chi connectivity index (χ3v) is 9.35. The maximum Gasteiger partial charge on any atom is 0.262 e. The van der Waals surface area contributed by atoms with Gasteiger partial charge in [0.15, 0.2) is 12.4 Å². The van der Waals surface area contributed by atoms with Crippen molar-refractivity contribution in [3.05, 3.63) is 113 Å². The fraction of sp³-hybridized carbons (Fsp3) is 0.342. The molecule has 9 heteroatoms. The molecular formula is C38H43N3O6. The number of fused-ring (bicyclic) bond motifs is 1. The Balaban J connectivity index is 0.991. The topological polar surface area (TPSA) is 124 Å². The van der Waals surface area contributed by atoms with Crippen LogP contribution in [0.15, 0.2) is 84.9 Å².